The van der Waals surface area contributed by atoms with Gasteiger partial charge in [-0.3, -0.25) is 10.1 Å². The highest BCUT2D eigenvalue weighted by Gasteiger charge is 2.12. The number of ether oxygens (including phenoxy) is 2. The molecule has 110 valence electrons. The third-order valence-corrected chi connectivity index (χ3v) is 2.61. The molecule has 0 aliphatic carbocycles. The predicted molar refractivity (Wildman–Crippen MR) is 78.1 cm³/mol. The first-order valence-electron chi connectivity index (χ1n) is 6.37. The fourth-order valence-corrected chi connectivity index (χ4v) is 1.67. The first-order valence-corrected chi connectivity index (χ1v) is 6.37. The number of benzene rings is 1. The Balaban J connectivity index is 2.21. The van der Waals surface area contributed by atoms with Gasteiger partial charge >= 0.3 is 0 Å². The predicted octanol–water partition coefficient (Wildman–Crippen LogP) is 3.22. The van der Waals surface area contributed by atoms with Gasteiger partial charge in [0.05, 0.1) is 23.7 Å². The summed E-state index contributed by atoms with van der Waals surface area (Å²) >= 11 is 0. The van der Waals surface area contributed by atoms with Crippen LogP contribution in [0.3, 0.4) is 0 Å². The maximum Gasteiger partial charge on any atom is 0.278 e. The molecule has 7 heteroatoms. The molecule has 1 N–H and O–H groups in total. The summed E-state index contributed by atoms with van der Waals surface area (Å²) in [5, 5.41) is 13.6. The Morgan fingerprint density at radius 1 is 1.24 bits per heavy atom. The molecule has 0 aliphatic rings. The Kier molecular flexibility index (Phi) is 4.55. The first-order chi connectivity index (χ1) is 10.1. The zero-order valence-electron chi connectivity index (χ0n) is 11.7. The summed E-state index contributed by atoms with van der Waals surface area (Å²) in [6.07, 6.45) is 0. The largest absolute Gasteiger partial charge is 0.494 e. The quantitative estimate of drug-likeness (QED) is 0.649. The second kappa shape index (κ2) is 6.56. The van der Waals surface area contributed by atoms with Gasteiger partial charge in [-0.1, -0.05) is 0 Å². The topological polar surface area (TPSA) is 86.5 Å². The van der Waals surface area contributed by atoms with Gasteiger partial charge in [0.2, 0.25) is 5.88 Å². The Morgan fingerprint density at radius 2 is 1.90 bits per heavy atom. The second-order valence-electron chi connectivity index (χ2n) is 4.06. The van der Waals surface area contributed by atoms with Crippen molar-refractivity contribution in [3.05, 3.63) is 46.5 Å². The number of hydrogen-bond donors (Lipinski definition) is 1. The van der Waals surface area contributed by atoms with E-state index in [1.807, 2.05) is 6.92 Å². The third kappa shape index (κ3) is 3.82. The smallest absolute Gasteiger partial charge is 0.278 e. The number of pyridine rings is 1. The van der Waals surface area contributed by atoms with Crippen molar-refractivity contribution in [1.82, 2.24) is 4.98 Å². The van der Waals surface area contributed by atoms with Crippen LogP contribution < -0.4 is 14.8 Å². The molecule has 0 amide bonds. The van der Waals surface area contributed by atoms with Crippen molar-refractivity contribution < 1.29 is 14.4 Å². The van der Waals surface area contributed by atoms with Crippen LogP contribution in [0.4, 0.5) is 11.5 Å². The molecule has 1 heterocycles. The zero-order chi connectivity index (χ0) is 15.2. The zero-order valence-corrected chi connectivity index (χ0v) is 11.7. The van der Waals surface area contributed by atoms with Crippen molar-refractivity contribution in [3.8, 4) is 17.4 Å². The average molecular weight is 289 g/mol. The Bertz CT molecular complexity index is 629. The molecule has 2 rings (SSSR count). The molecule has 7 nitrogen and oxygen atoms in total. The van der Waals surface area contributed by atoms with Crippen LogP contribution in [0.2, 0.25) is 0 Å². The van der Waals surface area contributed by atoms with E-state index in [-0.39, 0.29) is 11.6 Å². The minimum absolute atomic E-state index is 0.0877. The highest BCUT2D eigenvalue weighted by atomic mass is 16.6. The lowest BCUT2D eigenvalue weighted by Gasteiger charge is -2.08. The lowest BCUT2D eigenvalue weighted by atomic mass is 10.3. The molecule has 0 unspecified atom stereocenters. The van der Waals surface area contributed by atoms with Crippen molar-refractivity contribution in [2.24, 2.45) is 0 Å². The maximum atomic E-state index is 10.9. The van der Waals surface area contributed by atoms with Gasteiger partial charge < -0.3 is 14.8 Å². The molecule has 1 aromatic carbocycles. The highest BCUT2D eigenvalue weighted by Crippen LogP contribution is 2.27. The van der Waals surface area contributed by atoms with Crippen LogP contribution in [0.15, 0.2) is 36.4 Å². The standard InChI is InChI=1S/C14H15N3O4/c1-3-20-11-4-6-12(7-5-11)21-14-9-10(17(18)19)8-13(15-2)16-14/h4-9H,3H2,1-2H3,(H,15,16). The lowest BCUT2D eigenvalue weighted by Crippen LogP contribution is -1.98. The first kappa shape index (κ1) is 14.6. The van der Waals surface area contributed by atoms with E-state index in [0.29, 0.717) is 18.2 Å². The van der Waals surface area contributed by atoms with Crippen LogP contribution in [0, 0.1) is 10.1 Å². The molecule has 0 aliphatic heterocycles. The summed E-state index contributed by atoms with van der Waals surface area (Å²) in [7, 11) is 1.63. The number of rotatable bonds is 6. The molecule has 0 fully saturated rings. The summed E-state index contributed by atoms with van der Waals surface area (Å²) in [6, 6.07) is 9.56. The van der Waals surface area contributed by atoms with Gasteiger partial charge in [0.25, 0.3) is 5.69 Å². The van der Waals surface area contributed by atoms with Gasteiger partial charge in [-0.2, -0.15) is 4.98 Å². The minimum Gasteiger partial charge on any atom is -0.494 e. The molecule has 0 saturated heterocycles. The fourth-order valence-electron chi connectivity index (χ4n) is 1.67. The molecule has 0 saturated carbocycles. The second-order valence-corrected chi connectivity index (χ2v) is 4.06. The van der Waals surface area contributed by atoms with Crippen LogP contribution in [0.1, 0.15) is 6.92 Å². The molecular weight excluding hydrogens is 274 g/mol. The van der Waals surface area contributed by atoms with Crippen LogP contribution in [0.25, 0.3) is 0 Å². The van der Waals surface area contributed by atoms with Crippen LogP contribution in [-0.4, -0.2) is 23.6 Å². The monoisotopic (exact) mass is 289 g/mol. The number of aromatic nitrogens is 1. The van der Waals surface area contributed by atoms with Crippen molar-refractivity contribution in [3.63, 3.8) is 0 Å². The van der Waals surface area contributed by atoms with E-state index in [4.69, 9.17) is 9.47 Å². The van der Waals surface area contributed by atoms with Crippen molar-refractivity contribution >= 4 is 11.5 Å². The van der Waals surface area contributed by atoms with E-state index in [1.54, 1.807) is 31.3 Å². The third-order valence-electron chi connectivity index (χ3n) is 2.61. The van der Waals surface area contributed by atoms with E-state index in [1.165, 1.54) is 12.1 Å². The van der Waals surface area contributed by atoms with Gasteiger partial charge in [-0.05, 0) is 31.2 Å². The van der Waals surface area contributed by atoms with Crippen molar-refractivity contribution in [2.45, 2.75) is 6.92 Å². The summed E-state index contributed by atoms with van der Waals surface area (Å²) in [5.74, 6) is 1.77. The fraction of sp³-hybridized carbons (Fsp3) is 0.214. The molecule has 21 heavy (non-hydrogen) atoms. The summed E-state index contributed by atoms with van der Waals surface area (Å²) in [4.78, 5) is 14.5. The normalized spacial score (nSPS) is 10.0. The van der Waals surface area contributed by atoms with Crippen molar-refractivity contribution in [2.75, 3.05) is 19.0 Å². The van der Waals surface area contributed by atoms with Crippen LogP contribution in [-0.2, 0) is 0 Å². The molecule has 0 spiro atoms. The van der Waals surface area contributed by atoms with Gasteiger partial charge in [0.15, 0.2) is 0 Å². The summed E-state index contributed by atoms with van der Waals surface area (Å²) in [6.45, 7) is 2.48. The maximum absolute atomic E-state index is 10.9. The molecule has 2 aromatic rings. The summed E-state index contributed by atoms with van der Waals surface area (Å²) in [5.41, 5.74) is -0.0877. The van der Waals surface area contributed by atoms with Gasteiger partial charge in [0, 0.05) is 7.05 Å². The SMILES string of the molecule is CCOc1ccc(Oc2cc([N+](=O)[O-])cc(NC)n2)cc1. The van der Waals surface area contributed by atoms with Crippen LogP contribution >= 0.6 is 0 Å². The molecular formula is C14H15N3O4. The Labute approximate surface area is 121 Å². The molecule has 0 radical (unpaired) electrons. The van der Waals surface area contributed by atoms with Gasteiger partial charge in [0.1, 0.15) is 17.3 Å². The lowest BCUT2D eigenvalue weighted by molar-refractivity contribution is -0.384. The number of nitrogens with one attached hydrogen (secondary N) is 1. The number of hydrogen-bond acceptors (Lipinski definition) is 6. The Morgan fingerprint density at radius 3 is 2.48 bits per heavy atom. The van der Waals surface area contributed by atoms with Crippen molar-refractivity contribution in [1.29, 1.82) is 0 Å². The van der Waals surface area contributed by atoms with Gasteiger partial charge in [-0.25, -0.2) is 0 Å². The van der Waals surface area contributed by atoms with E-state index < -0.39 is 4.92 Å². The number of nitro groups is 1. The highest BCUT2D eigenvalue weighted by molar-refractivity contribution is 5.48. The van der Waals surface area contributed by atoms with E-state index >= 15 is 0 Å². The molecule has 0 atom stereocenters. The summed E-state index contributed by atoms with van der Waals surface area (Å²) < 4.78 is 10.9. The average Bonchev–Trinajstić information content (AvgIpc) is 2.49. The van der Waals surface area contributed by atoms with Gasteiger partial charge in [-0.15, -0.1) is 0 Å². The molecule has 0 bridgehead atoms. The van der Waals surface area contributed by atoms with E-state index in [0.717, 1.165) is 5.75 Å². The Hall–Kier alpha value is -2.83. The number of anilines is 1. The van der Waals surface area contributed by atoms with E-state index in [9.17, 15) is 10.1 Å². The van der Waals surface area contributed by atoms with Crippen LogP contribution in [0.5, 0.6) is 17.4 Å². The molecule has 1 aromatic heterocycles. The number of nitrogens with zero attached hydrogens (tertiary/aromatic N) is 2. The van der Waals surface area contributed by atoms with E-state index in [2.05, 4.69) is 10.3 Å². The minimum atomic E-state index is -0.492.